The Morgan fingerprint density at radius 1 is 1.16 bits per heavy atom. The summed E-state index contributed by atoms with van der Waals surface area (Å²) in [6, 6.07) is 9.58. The van der Waals surface area contributed by atoms with E-state index in [1.807, 2.05) is 36.5 Å². The number of likely N-dealkylation sites (N-methyl/N-ethyl adjacent to an activating group) is 1. The minimum Gasteiger partial charge on any atom is -0.457 e. The summed E-state index contributed by atoms with van der Waals surface area (Å²) in [4.78, 5) is 21.8. The second-order valence-electron chi connectivity index (χ2n) is 9.38. The van der Waals surface area contributed by atoms with Crippen LogP contribution >= 0.6 is 0 Å². The fourth-order valence-electron chi connectivity index (χ4n) is 5.41. The van der Waals surface area contributed by atoms with Crippen LogP contribution < -0.4 is 0 Å². The lowest BCUT2D eigenvalue weighted by Gasteiger charge is -2.37. The van der Waals surface area contributed by atoms with Crippen LogP contribution in [0.2, 0.25) is 0 Å². The van der Waals surface area contributed by atoms with Gasteiger partial charge in [0.05, 0.1) is 25.8 Å². The molecule has 0 bridgehead atoms. The topological polar surface area (TPSA) is 72.3 Å². The Labute approximate surface area is 184 Å². The first-order valence-electron chi connectivity index (χ1n) is 11.6. The standard InChI is InChI=1S/C25H34N3O3/c1-28(17-13-22-18-26-14-15-27-22)16-7-12-23(28)19-31-24(29)25(30,21-10-5-6-11-21)20-8-3-2-4-9-20/h2-4,8-9,14-15,18,21,23,30H,5-7,10-13,16-17,19H2,1H3/q+1/t23?,25?,28-/m1/s1. The number of likely N-dealkylation sites (tertiary alicyclic amines) is 1. The lowest BCUT2D eigenvalue weighted by atomic mass is 9.80. The number of aromatic nitrogens is 2. The summed E-state index contributed by atoms with van der Waals surface area (Å²) < 4.78 is 6.73. The Balaban J connectivity index is 1.43. The lowest BCUT2D eigenvalue weighted by molar-refractivity contribution is -0.921. The van der Waals surface area contributed by atoms with E-state index in [0.29, 0.717) is 12.2 Å². The van der Waals surface area contributed by atoms with E-state index in [0.717, 1.165) is 68.2 Å². The van der Waals surface area contributed by atoms with Crippen LogP contribution in [0.4, 0.5) is 0 Å². The monoisotopic (exact) mass is 424 g/mol. The predicted octanol–water partition coefficient (Wildman–Crippen LogP) is 3.25. The molecule has 1 aliphatic carbocycles. The number of carbonyl (C=O) groups is 1. The van der Waals surface area contributed by atoms with Crippen molar-refractivity contribution in [2.75, 3.05) is 26.7 Å². The van der Waals surface area contributed by atoms with Crippen LogP contribution in [0.15, 0.2) is 48.9 Å². The van der Waals surface area contributed by atoms with Gasteiger partial charge in [0.15, 0.2) is 5.60 Å². The van der Waals surface area contributed by atoms with Crippen LogP contribution in [-0.2, 0) is 21.6 Å². The number of ether oxygens (including phenoxy) is 1. The van der Waals surface area contributed by atoms with Crippen LogP contribution in [-0.4, -0.2) is 58.3 Å². The number of hydrogen-bond acceptors (Lipinski definition) is 5. The zero-order chi connectivity index (χ0) is 21.7. The summed E-state index contributed by atoms with van der Waals surface area (Å²) >= 11 is 0. The molecule has 1 aliphatic heterocycles. The molecule has 1 aromatic carbocycles. The molecule has 31 heavy (non-hydrogen) atoms. The molecular formula is C25H34N3O3+. The maximum absolute atomic E-state index is 13.3. The fourth-order valence-corrected chi connectivity index (χ4v) is 5.41. The van der Waals surface area contributed by atoms with E-state index < -0.39 is 11.6 Å². The average molecular weight is 425 g/mol. The predicted molar refractivity (Wildman–Crippen MR) is 118 cm³/mol. The van der Waals surface area contributed by atoms with Gasteiger partial charge in [0.2, 0.25) is 0 Å². The number of rotatable bonds is 8. The van der Waals surface area contributed by atoms with E-state index in [4.69, 9.17) is 4.74 Å². The van der Waals surface area contributed by atoms with Crippen molar-refractivity contribution < 1.29 is 19.1 Å². The number of carbonyl (C=O) groups excluding carboxylic acids is 1. The zero-order valence-corrected chi connectivity index (χ0v) is 18.4. The van der Waals surface area contributed by atoms with Crippen molar-refractivity contribution in [2.24, 2.45) is 5.92 Å². The molecule has 1 aromatic heterocycles. The van der Waals surface area contributed by atoms with Crippen LogP contribution in [0, 0.1) is 5.92 Å². The van der Waals surface area contributed by atoms with Crippen LogP contribution in [0.5, 0.6) is 0 Å². The van der Waals surface area contributed by atoms with Crippen molar-refractivity contribution in [1.29, 1.82) is 0 Å². The Hall–Kier alpha value is -2.31. The number of nitrogens with zero attached hydrogens (tertiary/aromatic N) is 3. The molecule has 2 aromatic rings. The van der Waals surface area contributed by atoms with Gasteiger partial charge in [-0.05, 0) is 18.4 Å². The van der Waals surface area contributed by atoms with Gasteiger partial charge in [0.1, 0.15) is 12.6 Å². The van der Waals surface area contributed by atoms with Crippen molar-refractivity contribution in [3.8, 4) is 0 Å². The largest absolute Gasteiger partial charge is 0.457 e. The smallest absolute Gasteiger partial charge is 0.343 e. The Morgan fingerprint density at radius 3 is 2.65 bits per heavy atom. The summed E-state index contributed by atoms with van der Waals surface area (Å²) in [7, 11) is 2.24. The number of hydrogen-bond donors (Lipinski definition) is 1. The molecule has 3 atom stereocenters. The van der Waals surface area contributed by atoms with Crippen molar-refractivity contribution >= 4 is 5.97 Å². The third kappa shape index (κ3) is 4.65. The SMILES string of the molecule is C[N@+]1(CCc2cnccn2)CCCC1COC(=O)C(O)(c1ccccc1)C1CCCC1. The highest BCUT2D eigenvalue weighted by molar-refractivity contribution is 5.81. The van der Waals surface area contributed by atoms with Crippen LogP contribution in [0.1, 0.15) is 49.8 Å². The molecule has 0 amide bonds. The number of quaternary nitrogens is 1. The Morgan fingerprint density at radius 2 is 1.94 bits per heavy atom. The van der Waals surface area contributed by atoms with Gasteiger partial charge in [-0.25, -0.2) is 4.79 Å². The molecule has 2 aliphatic rings. The molecule has 2 heterocycles. The molecule has 4 rings (SSSR count). The Kier molecular flexibility index (Phi) is 6.68. The third-order valence-electron chi connectivity index (χ3n) is 7.46. The molecule has 6 heteroatoms. The molecule has 166 valence electrons. The van der Waals surface area contributed by atoms with Crippen LogP contribution in [0.25, 0.3) is 0 Å². The van der Waals surface area contributed by atoms with Gasteiger partial charge >= 0.3 is 5.97 Å². The number of esters is 1. The van der Waals surface area contributed by atoms with Gasteiger partial charge < -0.3 is 14.3 Å². The van der Waals surface area contributed by atoms with E-state index in [2.05, 4.69) is 17.0 Å². The van der Waals surface area contributed by atoms with E-state index in [1.54, 1.807) is 12.4 Å². The molecule has 1 saturated heterocycles. The van der Waals surface area contributed by atoms with Gasteiger partial charge in [-0.15, -0.1) is 0 Å². The maximum atomic E-state index is 13.3. The second-order valence-corrected chi connectivity index (χ2v) is 9.38. The first-order chi connectivity index (χ1) is 15.0. The highest BCUT2D eigenvalue weighted by Crippen LogP contribution is 2.41. The first-order valence-corrected chi connectivity index (χ1v) is 11.6. The quantitative estimate of drug-likeness (QED) is 0.520. The van der Waals surface area contributed by atoms with Gasteiger partial charge in [0, 0.05) is 43.8 Å². The number of aliphatic hydroxyl groups is 1. The van der Waals surface area contributed by atoms with E-state index in [-0.39, 0.29) is 12.0 Å². The van der Waals surface area contributed by atoms with Crippen molar-refractivity contribution in [2.45, 2.75) is 56.6 Å². The van der Waals surface area contributed by atoms with Gasteiger partial charge in [-0.3, -0.25) is 9.97 Å². The Bertz CT molecular complexity index is 857. The first kappa shape index (κ1) is 21.9. The minimum absolute atomic E-state index is 0.0801. The molecule has 1 N–H and O–H groups in total. The zero-order valence-electron chi connectivity index (χ0n) is 18.4. The molecule has 2 fully saturated rings. The number of benzene rings is 1. The second kappa shape index (κ2) is 9.45. The minimum atomic E-state index is -1.56. The van der Waals surface area contributed by atoms with Crippen molar-refractivity contribution in [1.82, 2.24) is 9.97 Å². The van der Waals surface area contributed by atoms with Crippen molar-refractivity contribution in [3.63, 3.8) is 0 Å². The van der Waals surface area contributed by atoms with E-state index in [1.165, 1.54) is 0 Å². The fraction of sp³-hybridized carbons (Fsp3) is 0.560. The van der Waals surface area contributed by atoms with E-state index >= 15 is 0 Å². The average Bonchev–Trinajstić information content (AvgIpc) is 3.48. The molecule has 1 saturated carbocycles. The van der Waals surface area contributed by atoms with Gasteiger partial charge in [0.25, 0.3) is 0 Å². The summed E-state index contributed by atoms with van der Waals surface area (Å²) in [6.45, 7) is 2.35. The molecule has 6 nitrogen and oxygen atoms in total. The van der Waals surface area contributed by atoms with E-state index in [9.17, 15) is 9.90 Å². The highest BCUT2D eigenvalue weighted by atomic mass is 16.6. The summed E-state index contributed by atoms with van der Waals surface area (Å²) in [5.74, 6) is -0.568. The van der Waals surface area contributed by atoms with Crippen LogP contribution in [0.3, 0.4) is 0 Å². The third-order valence-corrected chi connectivity index (χ3v) is 7.46. The summed E-state index contributed by atoms with van der Waals surface area (Å²) in [5, 5.41) is 11.6. The van der Waals surface area contributed by atoms with Gasteiger partial charge in [-0.2, -0.15) is 0 Å². The normalized spacial score (nSPS) is 25.9. The van der Waals surface area contributed by atoms with Crippen molar-refractivity contribution in [3.05, 3.63) is 60.2 Å². The summed E-state index contributed by atoms with van der Waals surface area (Å²) in [6.07, 6.45) is 12.0. The molecule has 2 unspecified atom stereocenters. The highest BCUT2D eigenvalue weighted by Gasteiger charge is 2.48. The lowest BCUT2D eigenvalue weighted by Crippen LogP contribution is -2.52. The summed E-state index contributed by atoms with van der Waals surface area (Å²) in [5.41, 5.74) is 0.0850. The maximum Gasteiger partial charge on any atom is 0.343 e. The molecule has 0 radical (unpaired) electrons. The molecule has 0 spiro atoms. The molecular weight excluding hydrogens is 390 g/mol. The van der Waals surface area contributed by atoms with Gasteiger partial charge in [-0.1, -0.05) is 43.2 Å².